The zero-order valence-corrected chi connectivity index (χ0v) is 15.8. The van der Waals surface area contributed by atoms with Gasteiger partial charge in [0.15, 0.2) is 11.6 Å². The number of amides is 2. The minimum atomic E-state index is -0.801. The van der Waals surface area contributed by atoms with E-state index in [4.69, 9.17) is 16.3 Å². The molecule has 2 fully saturated rings. The number of cyclic esters (lactones) is 1. The van der Waals surface area contributed by atoms with Crippen LogP contribution >= 0.6 is 0 Å². The second kappa shape index (κ2) is 8.47. The van der Waals surface area contributed by atoms with Crippen molar-refractivity contribution in [2.45, 2.75) is 25.5 Å². The van der Waals surface area contributed by atoms with Gasteiger partial charge in [-0.2, -0.15) is 5.10 Å². The summed E-state index contributed by atoms with van der Waals surface area (Å²) in [5.41, 5.74) is 5.07. The molecule has 2 atom stereocenters. The average Bonchev–Trinajstić information content (AvgIpc) is 3.26. The Hall–Kier alpha value is -3.15. The first-order valence-electron chi connectivity index (χ1n) is 9.04. The first kappa shape index (κ1) is 20.6. The Labute approximate surface area is 166 Å². The van der Waals surface area contributed by atoms with Gasteiger partial charge in [-0.3, -0.25) is 9.69 Å². The molecule has 3 rings (SSSR count). The third-order valence-corrected chi connectivity index (χ3v) is 4.82. The normalized spacial score (nSPS) is 21.7. The van der Waals surface area contributed by atoms with Crippen molar-refractivity contribution in [3.05, 3.63) is 23.8 Å². The van der Waals surface area contributed by atoms with Gasteiger partial charge < -0.3 is 20.7 Å². The maximum atomic E-state index is 14.8. The zero-order chi connectivity index (χ0) is 21.1. The Morgan fingerprint density at radius 2 is 2.10 bits per heavy atom. The van der Waals surface area contributed by atoms with Crippen LogP contribution in [0.4, 0.5) is 25.0 Å². The molecule has 2 aliphatic heterocycles. The van der Waals surface area contributed by atoms with Crippen molar-refractivity contribution in [3.8, 4) is 0 Å². The number of benzene rings is 1. The summed E-state index contributed by atoms with van der Waals surface area (Å²) in [7, 11) is 0. The summed E-state index contributed by atoms with van der Waals surface area (Å²) in [4.78, 5) is 25.7. The van der Waals surface area contributed by atoms with Crippen LogP contribution in [-0.2, 0) is 9.53 Å². The van der Waals surface area contributed by atoms with Crippen LogP contribution in [0.25, 0.3) is 0 Å². The fraction of sp³-hybridized carbons (Fsp3) is 0.471. The maximum absolute atomic E-state index is 14.8. The molecule has 10 nitrogen and oxygen atoms in total. The number of hydrazine groups is 1. The summed E-state index contributed by atoms with van der Waals surface area (Å²) in [6.07, 6.45) is 0.270. The Balaban J connectivity index is 1.73. The van der Waals surface area contributed by atoms with Crippen molar-refractivity contribution in [2.75, 3.05) is 36.0 Å². The fourth-order valence-corrected chi connectivity index (χ4v) is 3.44. The molecular weight excluding hydrogens is 388 g/mol. The van der Waals surface area contributed by atoms with E-state index in [0.717, 1.165) is 23.4 Å². The second-order valence-corrected chi connectivity index (χ2v) is 6.84. The molecule has 12 heteroatoms. The lowest BCUT2D eigenvalue weighted by Crippen LogP contribution is -2.39. The third-order valence-electron chi connectivity index (χ3n) is 4.82. The van der Waals surface area contributed by atoms with E-state index >= 15 is 0 Å². The van der Waals surface area contributed by atoms with E-state index in [9.17, 15) is 18.4 Å². The lowest BCUT2D eigenvalue weighted by molar-refractivity contribution is -0.119. The quantitative estimate of drug-likeness (QED) is 0.262. The largest absolute Gasteiger partial charge is 0.442 e. The van der Waals surface area contributed by atoms with Crippen molar-refractivity contribution in [1.82, 2.24) is 10.4 Å². The predicted molar refractivity (Wildman–Crippen MR) is 102 cm³/mol. The Morgan fingerprint density at radius 1 is 1.41 bits per heavy atom. The van der Waals surface area contributed by atoms with E-state index < -0.39 is 23.8 Å². The van der Waals surface area contributed by atoms with Crippen LogP contribution in [0.3, 0.4) is 0 Å². The van der Waals surface area contributed by atoms with Crippen molar-refractivity contribution in [2.24, 2.45) is 16.7 Å². The molecule has 1 aromatic rings. The molecule has 0 saturated carbocycles. The minimum Gasteiger partial charge on any atom is -0.442 e. The van der Waals surface area contributed by atoms with Crippen molar-refractivity contribution >= 4 is 29.7 Å². The van der Waals surface area contributed by atoms with E-state index in [1.807, 2.05) is 0 Å². The molecule has 0 spiro atoms. The van der Waals surface area contributed by atoms with Gasteiger partial charge in [0.25, 0.3) is 0 Å². The van der Waals surface area contributed by atoms with Crippen LogP contribution in [-0.4, -0.2) is 61.8 Å². The van der Waals surface area contributed by atoms with Gasteiger partial charge in [-0.05, 0) is 6.42 Å². The van der Waals surface area contributed by atoms with Crippen molar-refractivity contribution in [1.29, 1.82) is 0 Å². The van der Waals surface area contributed by atoms with Gasteiger partial charge in [0.2, 0.25) is 5.91 Å². The number of ether oxygens (including phenoxy) is 1. The number of rotatable bonds is 6. The highest BCUT2D eigenvalue weighted by Crippen LogP contribution is 2.33. The number of halogens is 2. The van der Waals surface area contributed by atoms with E-state index in [2.05, 4.69) is 10.4 Å². The van der Waals surface area contributed by atoms with Gasteiger partial charge in [-0.25, -0.2) is 24.5 Å². The van der Waals surface area contributed by atoms with Crippen LogP contribution in [0.1, 0.15) is 13.3 Å². The van der Waals surface area contributed by atoms with Gasteiger partial charge in [0, 0.05) is 32.1 Å². The predicted octanol–water partition coefficient (Wildman–Crippen LogP) is 0.0825. The molecule has 0 radical (unpaired) electrons. The summed E-state index contributed by atoms with van der Waals surface area (Å²) >= 11 is 0. The van der Waals surface area contributed by atoms with Crippen LogP contribution in [0.2, 0.25) is 0 Å². The molecule has 0 bridgehead atoms. The smallest absolute Gasteiger partial charge is 0.414 e. The molecule has 1 aromatic carbocycles. The number of carbonyl (C=O) groups is 2. The number of carbonyl (C=O) groups excluding carboxylic acids is 2. The van der Waals surface area contributed by atoms with Gasteiger partial charge >= 0.3 is 6.09 Å². The molecule has 0 aromatic heterocycles. The molecule has 5 N–H and O–H groups in total. The van der Waals surface area contributed by atoms with Gasteiger partial charge in [0.1, 0.15) is 18.1 Å². The molecule has 29 heavy (non-hydrogen) atoms. The van der Waals surface area contributed by atoms with Crippen molar-refractivity contribution < 1.29 is 23.1 Å². The van der Waals surface area contributed by atoms with Gasteiger partial charge in [-0.15, -0.1) is 0 Å². The van der Waals surface area contributed by atoms with E-state index in [1.165, 1.54) is 16.9 Å². The number of hydrazone groups is 1. The molecular formula is C17H23F2N7O3. The van der Waals surface area contributed by atoms with Crippen molar-refractivity contribution in [3.63, 3.8) is 0 Å². The summed E-state index contributed by atoms with van der Waals surface area (Å²) in [5.74, 6) is 3.87. The Morgan fingerprint density at radius 3 is 2.72 bits per heavy atom. The fourth-order valence-electron chi connectivity index (χ4n) is 3.44. The van der Waals surface area contributed by atoms with Gasteiger partial charge in [0.05, 0.1) is 24.8 Å². The summed E-state index contributed by atoms with van der Waals surface area (Å²) in [5, 5.41) is 7.46. The monoisotopic (exact) mass is 411 g/mol. The average molecular weight is 411 g/mol. The van der Waals surface area contributed by atoms with Crippen LogP contribution < -0.4 is 26.7 Å². The topological polar surface area (TPSA) is 130 Å². The Kier molecular flexibility index (Phi) is 6.01. The number of hydrogen-bond donors (Lipinski definition) is 3. The molecule has 0 aliphatic carbocycles. The van der Waals surface area contributed by atoms with E-state index in [1.54, 1.807) is 0 Å². The molecule has 2 amide bonds. The van der Waals surface area contributed by atoms with Crippen LogP contribution in [0, 0.1) is 11.6 Å². The number of nitrogens with two attached hydrogens (primary N) is 2. The minimum absolute atomic E-state index is 0.0444. The van der Waals surface area contributed by atoms with Gasteiger partial charge in [-0.1, -0.05) is 0 Å². The SMILES string of the molecule is CC(=O)NCC1CN(c2cc(F)c(N3CCC(N(N)/N=C\N)C3)c(F)c2)C(=O)O1. The second-order valence-electron chi connectivity index (χ2n) is 6.84. The zero-order valence-electron chi connectivity index (χ0n) is 15.8. The molecule has 2 unspecified atom stereocenters. The van der Waals surface area contributed by atoms with E-state index in [-0.39, 0.29) is 43.0 Å². The highest BCUT2D eigenvalue weighted by Gasteiger charge is 2.35. The number of anilines is 2. The molecule has 2 heterocycles. The summed E-state index contributed by atoms with van der Waals surface area (Å²) in [6.45, 7) is 2.19. The molecule has 2 saturated heterocycles. The third kappa shape index (κ3) is 4.47. The van der Waals surface area contributed by atoms with E-state index in [0.29, 0.717) is 13.0 Å². The highest BCUT2D eigenvalue weighted by molar-refractivity contribution is 5.90. The summed E-state index contributed by atoms with van der Waals surface area (Å²) in [6, 6.07) is 1.94. The highest BCUT2D eigenvalue weighted by atomic mass is 19.1. The first-order valence-corrected chi connectivity index (χ1v) is 9.04. The maximum Gasteiger partial charge on any atom is 0.414 e. The lowest BCUT2D eigenvalue weighted by Gasteiger charge is -2.23. The van der Waals surface area contributed by atoms with Crippen LogP contribution in [0.15, 0.2) is 17.2 Å². The standard InChI is InChI=1S/C17H23F2N7O3/c1-10(27)22-6-13-8-25(17(28)29-13)12-4-14(18)16(15(19)5-12)24-3-2-11(7-24)26(21)23-9-20/h4-5,9,11,13H,2-3,6-8,21H2,1H3,(H2,20,23)(H,22,27). The lowest BCUT2D eigenvalue weighted by atomic mass is 10.2. The summed E-state index contributed by atoms with van der Waals surface area (Å²) < 4.78 is 34.6. The number of nitrogens with zero attached hydrogens (tertiary/aromatic N) is 4. The van der Waals surface area contributed by atoms with Crippen LogP contribution in [0.5, 0.6) is 0 Å². The molecule has 158 valence electrons. The Bertz CT molecular complexity index is 799. The number of nitrogens with one attached hydrogen (secondary N) is 1. The molecule has 2 aliphatic rings. The first-order chi connectivity index (χ1) is 13.8. The number of hydrogen-bond acceptors (Lipinski definition) is 7.